The number of carbonyl (C=O) groups excluding carboxylic acids is 2. The Bertz CT molecular complexity index is 447. The molecule has 0 aliphatic heterocycles. The molecular formula is C9H9ClN2O4. The molecule has 0 unspecified atom stereocenters. The van der Waals surface area contributed by atoms with Gasteiger partial charge in [-0.2, -0.15) is 0 Å². The number of phenols is 1. The number of hydrogen-bond donors (Lipinski definition) is 4. The molecule has 2 amide bonds. The Morgan fingerprint density at radius 2 is 1.75 bits per heavy atom. The number of primary amides is 2. The van der Waals surface area contributed by atoms with E-state index in [0.29, 0.717) is 0 Å². The van der Waals surface area contributed by atoms with Gasteiger partial charge < -0.3 is 21.7 Å². The number of hydrogen-bond acceptors (Lipinski definition) is 4. The molecule has 86 valence electrons. The third-order valence-corrected chi connectivity index (χ3v) is 2.38. The van der Waals surface area contributed by atoms with E-state index < -0.39 is 17.4 Å². The van der Waals surface area contributed by atoms with Gasteiger partial charge in [-0.1, -0.05) is 17.7 Å². The second-order valence-corrected chi connectivity index (χ2v) is 3.51. The highest BCUT2D eigenvalue weighted by atomic mass is 35.5. The summed E-state index contributed by atoms with van der Waals surface area (Å²) in [6.07, 6.45) is 0. The normalized spacial score (nSPS) is 11.1. The average molecular weight is 245 g/mol. The lowest BCUT2D eigenvalue weighted by Gasteiger charge is -2.21. The van der Waals surface area contributed by atoms with Gasteiger partial charge >= 0.3 is 0 Å². The van der Waals surface area contributed by atoms with Crippen LogP contribution in [0.2, 0.25) is 5.02 Å². The molecular weight excluding hydrogens is 236 g/mol. The van der Waals surface area contributed by atoms with Gasteiger partial charge in [0.25, 0.3) is 11.8 Å². The third kappa shape index (κ3) is 1.80. The Hall–Kier alpha value is -1.79. The van der Waals surface area contributed by atoms with Gasteiger partial charge in [-0.25, -0.2) is 0 Å². The highest BCUT2D eigenvalue weighted by Crippen LogP contribution is 2.29. The fraction of sp³-hybridized carbons (Fsp3) is 0.111. The van der Waals surface area contributed by atoms with Crippen molar-refractivity contribution in [3.63, 3.8) is 0 Å². The maximum Gasteiger partial charge on any atom is 0.264 e. The van der Waals surface area contributed by atoms with Gasteiger partial charge in [0.05, 0.1) is 5.02 Å². The summed E-state index contributed by atoms with van der Waals surface area (Å²) in [5.74, 6) is -2.90. The molecule has 0 saturated heterocycles. The molecule has 1 rings (SSSR count). The molecule has 0 fully saturated rings. The number of phenolic OH excluding ortho intramolecular Hbond substituents is 1. The summed E-state index contributed by atoms with van der Waals surface area (Å²) in [7, 11) is 0. The summed E-state index contributed by atoms with van der Waals surface area (Å²) in [4.78, 5) is 22.1. The first-order valence-corrected chi connectivity index (χ1v) is 4.49. The van der Waals surface area contributed by atoms with Gasteiger partial charge in [0.15, 0.2) is 0 Å². The van der Waals surface area contributed by atoms with Crippen molar-refractivity contribution in [1.82, 2.24) is 0 Å². The molecule has 1 aromatic carbocycles. The van der Waals surface area contributed by atoms with E-state index in [9.17, 15) is 14.7 Å². The van der Waals surface area contributed by atoms with Crippen LogP contribution < -0.4 is 11.5 Å². The summed E-state index contributed by atoms with van der Waals surface area (Å²) in [6, 6.07) is 3.26. The Labute approximate surface area is 95.4 Å². The van der Waals surface area contributed by atoms with Crippen LogP contribution in [0.4, 0.5) is 0 Å². The van der Waals surface area contributed by atoms with Crippen molar-refractivity contribution in [1.29, 1.82) is 0 Å². The van der Waals surface area contributed by atoms with Crippen molar-refractivity contribution < 1.29 is 19.8 Å². The van der Waals surface area contributed by atoms with Crippen molar-refractivity contribution in [3.8, 4) is 5.75 Å². The van der Waals surface area contributed by atoms with Crippen molar-refractivity contribution in [2.75, 3.05) is 0 Å². The monoisotopic (exact) mass is 244 g/mol. The molecule has 0 saturated carbocycles. The lowest BCUT2D eigenvalue weighted by Crippen LogP contribution is -2.51. The van der Waals surface area contributed by atoms with E-state index in [1.165, 1.54) is 0 Å². The molecule has 0 aliphatic rings. The zero-order chi connectivity index (χ0) is 12.5. The molecule has 1 aromatic rings. The van der Waals surface area contributed by atoms with E-state index in [-0.39, 0.29) is 16.3 Å². The van der Waals surface area contributed by atoms with E-state index in [4.69, 9.17) is 28.2 Å². The predicted molar refractivity (Wildman–Crippen MR) is 55.4 cm³/mol. The summed E-state index contributed by atoms with van der Waals surface area (Å²) >= 11 is 5.56. The van der Waals surface area contributed by atoms with Crippen molar-refractivity contribution >= 4 is 23.4 Å². The summed E-state index contributed by atoms with van der Waals surface area (Å²) in [5.41, 5.74) is 6.95. The van der Waals surface area contributed by atoms with Gasteiger partial charge in [-0.15, -0.1) is 0 Å². The summed E-state index contributed by atoms with van der Waals surface area (Å²) in [5, 5.41) is 18.8. The second-order valence-electron chi connectivity index (χ2n) is 3.11. The van der Waals surface area contributed by atoms with Crippen molar-refractivity contribution in [3.05, 3.63) is 28.8 Å². The number of benzene rings is 1. The van der Waals surface area contributed by atoms with Gasteiger partial charge in [-0.05, 0) is 12.1 Å². The number of carbonyl (C=O) groups is 2. The number of halogens is 1. The molecule has 6 nitrogen and oxygen atoms in total. The summed E-state index contributed by atoms with van der Waals surface area (Å²) < 4.78 is 0. The zero-order valence-electron chi connectivity index (χ0n) is 7.98. The lowest BCUT2D eigenvalue weighted by molar-refractivity contribution is -0.150. The van der Waals surface area contributed by atoms with Crippen LogP contribution in [0.3, 0.4) is 0 Å². The number of nitrogens with two attached hydrogens (primary N) is 2. The third-order valence-electron chi connectivity index (χ3n) is 2.08. The SMILES string of the molecule is NC(=O)C(O)(C(N)=O)c1ccc(O)c(Cl)c1. The second kappa shape index (κ2) is 3.99. The Balaban J connectivity index is 3.39. The Morgan fingerprint density at radius 3 is 2.12 bits per heavy atom. The molecule has 0 aliphatic carbocycles. The standard InChI is InChI=1S/C9H9ClN2O4/c10-5-3-4(1-2-6(5)13)9(16,7(11)14)8(12)15/h1-3,13,16H,(H2,11,14)(H2,12,15). The van der Waals surface area contributed by atoms with Crippen LogP contribution in [0.5, 0.6) is 5.75 Å². The van der Waals surface area contributed by atoms with Crippen molar-refractivity contribution in [2.24, 2.45) is 11.5 Å². The fourth-order valence-corrected chi connectivity index (χ4v) is 1.32. The molecule has 7 heteroatoms. The van der Waals surface area contributed by atoms with E-state index in [0.717, 1.165) is 18.2 Å². The van der Waals surface area contributed by atoms with Gasteiger partial charge in [0.2, 0.25) is 5.60 Å². The van der Waals surface area contributed by atoms with Crippen LogP contribution in [0.1, 0.15) is 5.56 Å². The van der Waals surface area contributed by atoms with Crippen molar-refractivity contribution in [2.45, 2.75) is 5.60 Å². The van der Waals surface area contributed by atoms with E-state index in [2.05, 4.69) is 0 Å². The molecule has 0 atom stereocenters. The number of amides is 2. The molecule has 6 N–H and O–H groups in total. The van der Waals surface area contributed by atoms with Crippen LogP contribution in [-0.2, 0) is 15.2 Å². The maximum atomic E-state index is 11.0. The van der Waals surface area contributed by atoms with Gasteiger partial charge in [0.1, 0.15) is 5.75 Å². The van der Waals surface area contributed by atoms with Crippen LogP contribution >= 0.6 is 11.6 Å². The van der Waals surface area contributed by atoms with Crippen LogP contribution in [0.15, 0.2) is 18.2 Å². The molecule has 0 radical (unpaired) electrons. The van der Waals surface area contributed by atoms with Gasteiger partial charge in [-0.3, -0.25) is 9.59 Å². The van der Waals surface area contributed by atoms with Gasteiger partial charge in [0, 0.05) is 5.56 Å². The molecule has 0 bridgehead atoms. The van der Waals surface area contributed by atoms with Crippen LogP contribution in [-0.4, -0.2) is 22.0 Å². The smallest absolute Gasteiger partial charge is 0.264 e. The first-order chi connectivity index (χ1) is 7.30. The first kappa shape index (κ1) is 12.3. The minimum absolute atomic E-state index is 0.140. The summed E-state index contributed by atoms with van der Waals surface area (Å²) in [6.45, 7) is 0. The largest absolute Gasteiger partial charge is 0.506 e. The quantitative estimate of drug-likeness (QED) is 0.519. The molecule has 0 spiro atoms. The maximum absolute atomic E-state index is 11.0. The van der Waals surface area contributed by atoms with Crippen LogP contribution in [0, 0.1) is 0 Å². The number of aliphatic hydroxyl groups is 1. The fourth-order valence-electron chi connectivity index (χ4n) is 1.14. The molecule has 0 aromatic heterocycles. The van der Waals surface area contributed by atoms with E-state index in [1.807, 2.05) is 0 Å². The lowest BCUT2D eigenvalue weighted by atomic mass is 9.92. The highest BCUT2D eigenvalue weighted by molar-refractivity contribution is 6.32. The highest BCUT2D eigenvalue weighted by Gasteiger charge is 2.43. The number of aromatic hydroxyl groups is 1. The Kier molecular flexibility index (Phi) is 3.06. The average Bonchev–Trinajstić information content (AvgIpc) is 2.20. The minimum Gasteiger partial charge on any atom is -0.506 e. The number of rotatable bonds is 3. The molecule has 0 heterocycles. The molecule has 16 heavy (non-hydrogen) atoms. The van der Waals surface area contributed by atoms with Crippen LogP contribution in [0.25, 0.3) is 0 Å². The van der Waals surface area contributed by atoms with E-state index >= 15 is 0 Å². The predicted octanol–water partition coefficient (Wildman–Crippen LogP) is -0.796. The zero-order valence-corrected chi connectivity index (χ0v) is 8.73. The first-order valence-electron chi connectivity index (χ1n) is 4.11. The minimum atomic E-state index is -2.64. The Morgan fingerprint density at radius 1 is 1.25 bits per heavy atom. The topological polar surface area (TPSA) is 127 Å². The van der Waals surface area contributed by atoms with E-state index in [1.54, 1.807) is 0 Å².